The first-order valence-electron chi connectivity index (χ1n) is 8.11. The Hall–Kier alpha value is -2.07. The molecule has 0 radical (unpaired) electrons. The minimum absolute atomic E-state index is 0.0442. The van der Waals surface area contributed by atoms with E-state index in [-0.39, 0.29) is 17.0 Å². The lowest BCUT2D eigenvalue weighted by atomic mass is 9.94. The second-order valence-electron chi connectivity index (χ2n) is 6.27. The molecular formula is C13H19N6O9P. The van der Waals surface area contributed by atoms with E-state index in [9.17, 15) is 24.7 Å². The highest BCUT2D eigenvalue weighted by Gasteiger charge is 2.61. The molecule has 0 aliphatic carbocycles. The van der Waals surface area contributed by atoms with Crippen molar-refractivity contribution in [3.05, 3.63) is 12.7 Å². The number of aliphatic hydroxyl groups is 3. The van der Waals surface area contributed by atoms with E-state index < -0.39 is 56.9 Å². The van der Waals surface area contributed by atoms with E-state index in [0.29, 0.717) is 0 Å². The number of imidazole rings is 1. The number of hydrogen-bond donors (Lipinski definition) is 7. The predicted octanol–water partition coefficient (Wildman–Crippen LogP) is -3.82. The van der Waals surface area contributed by atoms with Crippen molar-refractivity contribution in [2.45, 2.75) is 30.1 Å². The van der Waals surface area contributed by atoms with Gasteiger partial charge in [0, 0.05) is 0 Å². The molecular weight excluding hydrogens is 415 g/mol. The summed E-state index contributed by atoms with van der Waals surface area (Å²) < 4.78 is 21.7. The first-order valence-corrected chi connectivity index (χ1v) is 9.64. The van der Waals surface area contributed by atoms with Gasteiger partial charge in [-0.05, 0) is 0 Å². The first kappa shape index (κ1) is 21.6. The monoisotopic (exact) mass is 434 g/mol. The molecule has 0 saturated carbocycles. The van der Waals surface area contributed by atoms with E-state index in [1.165, 1.54) is 0 Å². The van der Waals surface area contributed by atoms with E-state index >= 15 is 0 Å². The number of carbonyl (C=O) groups is 1. The summed E-state index contributed by atoms with van der Waals surface area (Å²) in [6.07, 6.45) is -2.95. The lowest BCUT2D eigenvalue weighted by Crippen LogP contribution is -2.58. The molecule has 1 aliphatic rings. The molecule has 3 heterocycles. The van der Waals surface area contributed by atoms with Crippen molar-refractivity contribution in [3.63, 3.8) is 0 Å². The number of hydrogen-bond acceptors (Lipinski definition) is 12. The summed E-state index contributed by atoms with van der Waals surface area (Å²) in [7, 11) is -4.95. The van der Waals surface area contributed by atoms with Crippen LogP contribution in [0.5, 0.6) is 0 Å². The highest BCUT2D eigenvalue weighted by molar-refractivity contribution is 7.46. The Labute approximate surface area is 162 Å². The van der Waals surface area contributed by atoms with Crippen molar-refractivity contribution in [1.82, 2.24) is 19.5 Å². The smallest absolute Gasteiger partial charge is 0.394 e. The van der Waals surface area contributed by atoms with E-state index in [1.807, 2.05) is 0 Å². The number of aliphatic hydroxyl groups excluding tert-OH is 3. The quantitative estimate of drug-likeness (QED) is 0.206. The highest BCUT2D eigenvalue weighted by Crippen LogP contribution is 2.40. The van der Waals surface area contributed by atoms with Gasteiger partial charge < -0.3 is 41.3 Å². The molecule has 1 aliphatic heterocycles. The molecule has 1 fully saturated rings. The van der Waals surface area contributed by atoms with Gasteiger partial charge in [0.05, 0.1) is 19.3 Å². The lowest BCUT2D eigenvalue weighted by Gasteiger charge is -2.33. The summed E-state index contributed by atoms with van der Waals surface area (Å²) >= 11 is 0. The van der Waals surface area contributed by atoms with Gasteiger partial charge in [0.15, 0.2) is 11.5 Å². The maximum absolute atomic E-state index is 13.2. The maximum Gasteiger partial charge on any atom is 0.469 e. The largest absolute Gasteiger partial charge is 0.469 e. The van der Waals surface area contributed by atoms with Gasteiger partial charge in [-0.25, -0.2) is 19.5 Å². The summed E-state index contributed by atoms with van der Waals surface area (Å²) in [5.74, 6) is -1.16. The minimum atomic E-state index is -4.95. The number of ketones is 1. The van der Waals surface area contributed by atoms with Crippen LogP contribution in [0.3, 0.4) is 0 Å². The van der Waals surface area contributed by atoms with Crippen molar-refractivity contribution >= 4 is 30.6 Å². The van der Waals surface area contributed by atoms with Gasteiger partial charge >= 0.3 is 7.82 Å². The fraction of sp³-hybridized carbons (Fsp3) is 0.538. The van der Waals surface area contributed by atoms with Crippen LogP contribution in [0.1, 0.15) is 0 Å². The Morgan fingerprint density at radius 1 is 1.38 bits per heavy atom. The zero-order valence-electron chi connectivity index (χ0n) is 14.6. The third-order valence-electron chi connectivity index (χ3n) is 4.45. The lowest BCUT2D eigenvalue weighted by molar-refractivity contribution is -0.176. The number of Topliss-reactive ketones (excluding diaryl/α,β-unsaturated/α-hetero) is 1. The standard InChI is InChI=1S/C13H19N6O9P/c14-5(2-27-29(24,25)26)9(22)13(10(23)8(21)6(1-20)28-13)19-4-18-7-11(15)16-3-17-12(7)19/h3-6,8,10,20-21,23H,1-2,14H2,(H2,15,16,17)(H2,24,25,26)/t5-,6+,8+,10+,13+/m0/s1. The third-order valence-corrected chi connectivity index (χ3v) is 4.93. The molecule has 1 saturated heterocycles. The Balaban J connectivity index is 2.12. The van der Waals surface area contributed by atoms with Gasteiger partial charge in [-0.2, -0.15) is 0 Å². The van der Waals surface area contributed by atoms with Gasteiger partial charge in [-0.1, -0.05) is 0 Å². The summed E-state index contributed by atoms with van der Waals surface area (Å²) in [6, 6.07) is -1.71. The molecule has 5 atom stereocenters. The summed E-state index contributed by atoms with van der Waals surface area (Å²) in [5, 5.41) is 30.3. The average Bonchev–Trinajstić information content (AvgIpc) is 3.20. The van der Waals surface area contributed by atoms with Crippen molar-refractivity contribution < 1.29 is 43.7 Å². The molecule has 2 aromatic heterocycles. The number of nitrogen functional groups attached to an aromatic ring is 1. The van der Waals surface area contributed by atoms with Crippen LogP contribution in [-0.4, -0.2) is 88.0 Å². The van der Waals surface area contributed by atoms with Crippen LogP contribution in [-0.2, 0) is 24.3 Å². The van der Waals surface area contributed by atoms with Crippen molar-refractivity contribution in [3.8, 4) is 0 Å². The zero-order valence-corrected chi connectivity index (χ0v) is 15.5. The Morgan fingerprint density at radius 3 is 2.66 bits per heavy atom. The van der Waals surface area contributed by atoms with Crippen LogP contribution in [0, 0.1) is 0 Å². The fourth-order valence-electron chi connectivity index (χ4n) is 3.09. The number of rotatable bonds is 7. The number of aromatic nitrogens is 4. The highest BCUT2D eigenvalue weighted by atomic mass is 31.2. The number of ether oxygens (including phenoxy) is 1. The molecule has 0 aromatic carbocycles. The molecule has 2 aromatic rings. The third kappa shape index (κ3) is 3.63. The summed E-state index contributed by atoms with van der Waals surface area (Å²) in [6.45, 7) is -1.68. The molecule has 3 rings (SSSR count). The second kappa shape index (κ2) is 7.64. The molecule has 9 N–H and O–H groups in total. The van der Waals surface area contributed by atoms with Gasteiger partial charge in [-0.15, -0.1) is 0 Å². The Kier molecular flexibility index (Phi) is 5.70. The predicted molar refractivity (Wildman–Crippen MR) is 92.7 cm³/mol. The van der Waals surface area contributed by atoms with Crippen LogP contribution in [0.25, 0.3) is 11.2 Å². The number of carbonyl (C=O) groups excluding carboxylic acids is 1. The molecule has 0 unspecified atom stereocenters. The molecule has 0 spiro atoms. The number of phosphoric ester groups is 1. The van der Waals surface area contributed by atoms with Gasteiger partial charge in [0.2, 0.25) is 11.5 Å². The SMILES string of the molecule is Nc1ncnc2c1ncn2[C@]1(C(=O)[C@@H](N)COP(=O)(O)O)O[C@H](CO)[C@@H](O)[C@H]1O. The number of nitrogens with zero attached hydrogens (tertiary/aromatic N) is 4. The fourth-order valence-corrected chi connectivity index (χ4v) is 3.44. The molecule has 29 heavy (non-hydrogen) atoms. The minimum Gasteiger partial charge on any atom is -0.394 e. The van der Waals surface area contributed by atoms with Crippen LogP contribution < -0.4 is 11.5 Å². The molecule has 15 nitrogen and oxygen atoms in total. The number of fused-ring (bicyclic) bond motifs is 1. The molecule has 16 heteroatoms. The number of phosphoric acid groups is 1. The van der Waals surface area contributed by atoms with Crippen LogP contribution >= 0.6 is 7.82 Å². The normalized spacial score (nSPS) is 28.7. The van der Waals surface area contributed by atoms with E-state index in [0.717, 1.165) is 17.2 Å². The van der Waals surface area contributed by atoms with Crippen LogP contribution in [0.15, 0.2) is 12.7 Å². The maximum atomic E-state index is 13.2. The second-order valence-corrected chi connectivity index (χ2v) is 7.51. The number of nitrogens with two attached hydrogens (primary N) is 2. The summed E-state index contributed by atoms with van der Waals surface area (Å²) in [5.41, 5.74) is 8.99. The van der Waals surface area contributed by atoms with Crippen LogP contribution in [0.2, 0.25) is 0 Å². The van der Waals surface area contributed by atoms with E-state index in [1.54, 1.807) is 0 Å². The van der Waals surface area contributed by atoms with Gasteiger partial charge in [0.1, 0.15) is 36.5 Å². The zero-order chi connectivity index (χ0) is 21.6. The van der Waals surface area contributed by atoms with Crippen molar-refractivity contribution in [2.75, 3.05) is 18.9 Å². The van der Waals surface area contributed by atoms with Crippen molar-refractivity contribution in [1.29, 1.82) is 0 Å². The Morgan fingerprint density at radius 2 is 2.07 bits per heavy atom. The van der Waals surface area contributed by atoms with E-state index in [4.69, 9.17) is 26.0 Å². The average molecular weight is 434 g/mol. The molecule has 0 bridgehead atoms. The van der Waals surface area contributed by atoms with Crippen molar-refractivity contribution in [2.24, 2.45) is 5.73 Å². The number of anilines is 1. The Bertz CT molecular complexity index is 965. The molecule has 0 amide bonds. The molecule has 160 valence electrons. The van der Waals surface area contributed by atoms with Gasteiger partial charge in [0.25, 0.3) is 0 Å². The van der Waals surface area contributed by atoms with Gasteiger partial charge in [-0.3, -0.25) is 13.9 Å². The van der Waals surface area contributed by atoms with Crippen LogP contribution in [0.4, 0.5) is 5.82 Å². The topological polar surface area (TPSA) is 249 Å². The summed E-state index contributed by atoms with van der Waals surface area (Å²) in [4.78, 5) is 42.5. The van der Waals surface area contributed by atoms with E-state index in [2.05, 4.69) is 19.5 Å². The first-order chi connectivity index (χ1) is 13.5.